The van der Waals surface area contributed by atoms with Gasteiger partial charge < -0.3 is 9.53 Å². The zero-order valence-corrected chi connectivity index (χ0v) is 23.1. The molecule has 33 heavy (non-hydrogen) atoms. The third kappa shape index (κ3) is 4.53. The normalized spacial score (nSPS) is 18.1. The van der Waals surface area contributed by atoms with E-state index in [1.807, 2.05) is 50.2 Å². The average molecular weight is 488 g/mol. The molecule has 180 valence electrons. The first-order chi connectivity index (χ1) is 15.1. The van der Waals surface area contributed by atoms with Crippen LogP contribution in [0.3, 0.4) is 0 Å². The molecule has 0 bridgehead atoms. The first kappa shape index (κ1) is 26.0. The van der Waals surface area contributed by atoms with Crippen LogP contribution in [-0.2, 0) is 9.96 Å². The van der Waals surface area contributed by atoms with Crippen LogP contribution in [0, 0.1) is 5.92 Å². The molecule has 0 aliphatic carbocycles. The lowest BCUT2D eigenvalue weighted by atomic mass is 9.92. The highest BCUT2D eigenvalue weighted by atomic mass is 35.5. The number of hydrogen-bond donors (Lipinski definition) is 1. The fourth-order valence-corrected chi connectivity index (χ4v) is 5.99. The van der Waals surface area contributed by atoms with E-state index in [-0.39, 0.29) is 23.0 Å². The highest BCUT2D eigenvalue weighted by molar-refractivity contribution is 6.74. The third-order valence-corrected chi connectivity index (χ3v) is 12.3. The summed E-state index contributed by atoms with van der Waals surface area (Å²) in [6.45, 7) is 19.2. The fourth-order valence-electron chi connectivity index (χ4n) is 4.24. The molecule has 1 heterocycles. The van der Waals surface area contributed by atoms with Gasteiger partial charge >= 0.3 is 0 Å². The molecule has 0 saturated heterocycles. The quantitative estimate of drug-likeness (QED) is 0.430. The molecule has 4 nitrogen and oxygen atoms in total. The molecule has 1 amide bonds. The van der Waals surface area contributed by atoms with E-state index < -0.39 is 20.1 Å². The van der Waals surface area contributed by atoms with Crippen molar-refractivity contribution >= 4 is 25.8 Å². The second-order valence-corrected chi connectivity index (χ2v) is 16.6. The van der Waals surface area contributed by atoms with Crippen LogP contribution in [0.15, 0.2) is 42.5 Å². The number of carbonyl (C=O) groups excluding carboxylic acids is 1. The Balaban J connectivity index is 2.06. The molecule has 0 fully saturated rings. The maximum Gasteiger partial charge on any atom is 0.257 e. The van der Waals surface area contributed by atoms with Crippen LogP contribution in [0.1, 0.15) is 87.8 Å². The van der Waals surface area contributed by atoms with E-state index in [9.17, 15) is 9.90 Å². The van der Waals surface area contributed by atoms with E-state index >= 15 is 0 Å². The monoisotopic (exact) mass is 487 g/mol. The third-order valence-electron chi connectivity index (χ3n) is 7.38. The minimum atomic E-state index is -2.08. The maximum atomic E-state index is 13.4. The average Bonchev–Trinajstić information content (AvgIpc) is 2.97. The Morgan fingerprint density at radius 3 is 2.12 bits per heavy atom. The molecule has 1 N–H and O–H groups in total. The van der Waals surface area contributed by atoms with Gasteiger partial charge in [0, 0.05) is 11.1 Å². The van der Waals surface area contributed by atoms with Gasteiger partial charge in [-0.15, -0.1) is 0 Å². The van der Waals surface area contributed by atoms with Gasteiger partial charge in [-0.25, -0.2) is 0 Å². The van der Waals surface area contributed by atoms with Crippen molar-refractivity contribution in [2.75, 3.05) is 0 Å². The van der Waals surface area contributed by atoms with Crippen molar-refractivity contribution < 1.29 is 14.3 Å². The van der Waals surface area contributed by atoms with Gasteiger partial charge in [-0.3, -0.25) is 9.69 Å². The van der Waals surface area contributed by atoms with Crippen LogP contribution in [0.5, 0.6) is 0 Å². The number of aliphatic hydroxyl groups excluding tert-OH is 1. The van der Waals surface area contributed by atoms with Crippen molar-refractivity contribution in [3.05, 3.63) is 69.7 Å². The van der Waals surface area contributed by atoms with Crippen LogP contribution in [0.2, 0.25) is 23.2 Å². The van der Waals surface area contributed by atoms with Gasteiger partial charge in [0.05, 0.1) is 16.7 Å². The van der Waals surface area contributed by atoms with Crippen molar-refractivity contribution in [3.8, 4) is 0 Å². The Hall–Kier alpha value is -1.66. The molecular weight excluding hydrogens is 450 g/mol. The predicted molar refractivity (Wildman–Crippen MR) is 138 cm³/mol. The smallest absolute Gasteiger partial charge is 0.257 e. The number of hydrogen-bond acceptors (Lipinski definition) is 3. The first-order valence-electron chi connectivity index (χ1n) is 11.7. The molecular formula is C27H38ClNO3Si. The highest BCUT2D eigenvalue weighted by Crippen LogP contribution is 2.48. The molecule has 6 heteroatoms. The molecule has 0 spiro atoms. The number of rotatable bonds is 6. The molecule has 1 aliphatic heterocycles. The number of benzene rings is 2. The molecule has 0 aromatic heterocycles. The SMILES string of the molecule is CC(C)C(O[Si](C)(C)C(C)(C)C)c1ccc2c(c1Cl)C(O)N(C(C)(C)c1ccccc1)C2=O. The number of amides is 1. The number of halogens is 1. The summed E-state index contributed by atoms with van der Waals surface area (Å²) in [7, 11) is -2.08. The second-order valence-electron chi connectivity index (χ2n) is 11.4. The molecule has 3 rings (SSSR count). The lowest BCUT2D eigenvalue weighted by Crippen LogP contribution is -2.44. The van der Waals surface area contributed by atoms with E-state index in [0.717, 1.165) is 11.1 Å². The predicted octanol–water partition coefficient (Wildman–Crippen LogP) is 7.44. The summed E-state index contributed by atoms with van der Waals surface area (Å²) < 4.78 is 6.79. The van der Waals surface area contributed by atoms with Crippen molar-refractivity contribution in [3.63, 3.8) is 0 Å². The Morgan fingerprint density at radius 1 is 1.03 bits per heavy atom. The summed E-state index contributed by atoms with van der Waals surface area (Å²) in [5.74, 6) is -0.0352. The van der Waals surface area contributed by atoms with Crippen molar-refractivity contribution in [2.45, 2.75) is 84.5 Å². The van der Waals surface area contributed by atoms with Crippen molar-refractivity contribution in [1.29, 1.82) is 0 Å². The summed E-state index contributed by atoms with van der Waals surface area (Å²) in [4.78, 5) is 15.0. The van der Waals surface area contributed by atoms with E-state index in [4.69, 9.17) is 16.0 Å². The van der Waals surface area contributed by atoms with Gasteiger partial charge in [0.25, 0.3) is 5.91 Å². The topological polar surface area (TPSA) is 49.8 Å². The lowest BCUT2D eigenvalue weighted by Gasteiger charge is -2.41. The Kier molecular flexibility index (Phi) is 6.95. The molecule has 2 atom stereocenters. The number of carbonyl (C=O) groups is 1. The van der Waals surface area contributed by atoms with Gasteiger partial charge in [0.15, 0.2) is 14.5 Å². The van der Waals surface area contributed by atoms with E-state index in [0.29, 0.717) is 16.1 Å². The van der Waals surface area contributed by atoms with Gasteiger partial charge in [-0.1, -0.05) is 82.6 Å². The van der Waals surface area contributed by atoms with Crippen molar-refractivity contribution in [1.82, 2.24) is 4.90 Å². The maximum absolute atomic E-state index is 13.4. The Labute approximate surface area is 205 Å². The summed E-state index contributed by atoms with van der Waals surface area (Å²) >= 11 is 6.95. The standard InChI is InChI=1S/C27H38ClNO3Si/c1-17(2)23(32-33(8,9)26(3,4)5)20-16-15-19-21(22(20)28)25(31)29(24(19)30)27(6,7)18-13-11-10-12-14-18/h10-17,23,25,31H,1-9H3. The summed E-state index contributed by atoms with van der Waals surface area (Å²) in [5.41, 5.74) is 2.00. The van der Waals surface area contributed by atoms with Gasteiger partial charge in [0.1, 0.15) is 0 Å². The first-order valence-corrected chi connectivity index (χ1v) is 15.0. The Morgan fingerprint density at radius 2 is 1.61 bits per heavy atom. The molecule has 0 radical (unpaired) electrons. The zero-order valence-electron chi connectivity index (χ0n) is 21.4. The fraction of sp³-hybridized carbons (Fsp3) is 0.519. The molecule has 2 aromatic carbocycles. The molecule has 1 aliphatic rings. The highest BCUT2D eigenvalue weighted by Gasteiger charge is 2.47. The van der Waals surface area contributed by atoms with Gasteiger partial charge in [0.2, 0.25) is 0 Å². The molecule has 0 saturated carbocycles. The lowest BCUT2D eigenvalue weighted by molar-refractivity contribution is -0.0305. The van der Waals surface area contributed by atoms with Crippen LogP contribution < -0.4 is 0 Å². The van der Waals surface area contributed by atoms with E-state index in [2.05, 4.69) is 47.7 Å². The van der Waals surface area contributed by atoms with Crippen LogP contribution in [0.25, 0.3) is 0 Å². The molecule has 2 aromatic rings. The number of nitrogens with zero attached hydrogens (tertiary/aromatic N) is 1. The minimum absolute atomic E-state index is 0.0509. The number of fused-ring (bicyclic) bond motifs is 1. The minimum Gasteiger partial charge on any atom is -0.410 e. The summed E-state index contributed by atoms with van der Waals surface area (Å²) in [6.07, 6.45) is -1.35. The summed E-state index contributed by atoms with van der Waals surface area (Å²) in [5, 5.41) is 11.9. The Bertz CT molecular complexity index is 1030. The second kappa shape index (κ2) is 8.84. The van der Waals surface area contributed by atoms with Crippen LogP contribution >= 0.6 is 11.6 Å². The largest absolute Gasteiger partial charge is 0.410 e. The summed E-state index contributed by atoms with van der Waals surface area (Å²) in [6, 6.07) is 13.5. The van der Waals surface area contributed by atoms with Crippen LogP contribution in [-0.4, -0.2) is 24.2 Å². The van der Waals surface area contributed by atoms with E-state index in [1.54, 1.807) is 6.07 Å². The van der Waals surface area contributed by atoms with Crippen LogP contribution in [0.4, 0.5) is 0 Å². The van der Waals surface area contributed by atoms with Gasteiger partial charge in [-0.05, 0) is 55.1 Å². The van der Waals surface area contributed by atoms with Crippen molar-refractivity contribution in [2.24, 2.45) is 5.92 Å². The zero-order chi connectivity index (χ0) is 24.9. The molecule has 2 unspecified atom stereocenters. The number of aliphatic hydroxyl groups is 1. The van der Waals surface area contributed by atoms with Gasteiger partial charge in [-0.2, -0.15) is 0 Å². The van der Waals surface area contributed by atoms with E-state index in [1.165, 1.54) is 4.90 Å².